The maximum absolute atomic E-state index is 11.7. The minimum Gasteiger partial charge on any atom is -0.399 e. The number of benzene rings is 2. The van der Waals surface area contributed by atoms with E-state index >= 15 is 0 Å². The topological polar surface area (TPSA) is 122 Å². The molecule has 5 N–H and O–H groups in total. The molecule has 1 aromatic heterocycles. The summed E-state index contributed by atoms with van der Waals surface area (Å²) in [5.74, 6) is 0.234. The molecule has 0 unspecified atom stereocenters. The van der Waals surface area contributed by atoms with Crippen LogP contribution in [0.1, 0.15) is 24.2 Å². The Morgan fingerprint density at radius 1 is 1.15 bits per heavy atom. The van der Waals surface area contributed by atoms with Crippen molar-refractivity contribution in [3.05, 3.63) is 54.4 Å². The first-order chi connectivity index (χ1) is 12.4. The first kappa shape index (κ1) is 17.3. The molecule has 2 aromatic carbocycles. The highest BCUT2D eigenvalue weighted by Gasteiger charge is 2.22. The minimum absolute atomic E-state index is 0.0548. The number of para-hydroxylation sites is 1. The van der Waals surface area contributed by atoms with E-state index in [4.69, 9.17) is 16.9 Å². The second kappa shape index (κ2) is 6.79. The molecule has 3 aromatic rings. The van der Waals surface area contributed by atoms with Crippen molar-refractivity contribution in [1.82, 2.24) is 9.97 Å². The number of amidine groups is 1. The summed E-state index contributed by atoms with van der Waals surface area (Å²) in [5, 5.41) is 9.23. The lowest BCUT2D eigenvalue weighted by atomic mass is 10.1. The number of fused-ring (bicyclic) bond motifs is 1. The average molecular weight is 348 g/mol. The van der Waals surface area contributed by atoms with E-state index in [1.165, 1.54) is 6.33 Å². The predicted molar refractivity (Wildman–Crippen MR) is 104 cm³/mol. The summed E-state index contributed by atoms with van der Waals surface area (Å²) in [5.41, 5.74) is 13.5. The molecule has 0 aliphatic rings. The molecule has 0 saturated heterocycles. The van der Waals surface area contributed by atoms with Crippen molar-refractivity contribution in [2.24, 2.45) is 11.7 Å². The summed E-state index contributed by atoms with van der Waals surface area (Å²) in [4.78, 5) is 22.1. The van der Waals surface area contributed by atoms with Gasteiger partial charge in [-0.1, -0.05) is 26.0 Å². The van der Waals surface area contributed by atoms with Crippen LogP contribution >= 0.6 is 0 Å². The largest absolute Gasteiger partial charge is 0.399 e. The molecule has 1 amide bonds. The van der Waals surface area contributed by atoms with Crippen molar-refractivity contribution in [3.8, 4) is 0 Å². The van der Waals surface area contributed by atoms with Crippen LogP contribution < -0.4 is 16.4 Å². The molecule has 3 rings (SSSR count). The Morgan fingerprint density at radius 2 is 1.88 bits per heavy atom. The maximum Gasteiger partial charge on any atom is 0.250 e. The minimum atomic E-state index is -0.560. The quantitative estimate of drug-likeness (QED) is 0.380. The highest BCUT2D eigenvalue weighted by molar-refractivity contribution is 6.12. The van der Waals surface area contributed by atoms with E-state index in [2.05, 4.69) is 9.97 Å². The molecule has 1 heterocycles. The van der Waals surface area contributed by atoms with Gasteiger partial charge in [-0.05, 0) is 30.3 Å². The number of nitrogens with zero attached hydrogens (tertiary/aromatic N) is 3. The number of anilines is 3. The van der Waals surface area contributed by atoms with E-state index in [1.54, 1.807) is 29.2 Å². The summed E-state index contributed by atoms with van der Waals surface area (Å²) in [6, 6.07) is 12.4. The smallest absolute Gasteiger partial charge is 0.250 e. The van der Waals surface area contributed by atoms with Crippen LogP contribution in [0.5, 0.6) is 0 Å². The van der Waals surface area contributed by atoms with Crippen LogP contribution in [-0.4, -0.2) is 21.7 Å². The van der Waals surface area contributed by atoms with Crippen LogP contribution in [0.15, 0.2) is 48.8 Å². The van der Waals surface area contributed by atoms with Gasteiger partial charge in [-0.2, -0.15) is 0 Å². The second-order valence-corrected chi connectivity index (χ2v) is 6.23. The standard InChI is InChI=1S/C19H20N6O/c1-11(2)17(21)25(13-6-3-5-12(20)9-13)19-15-8-4-7-14(18(22)26)16(15)23-10-24-19/h3-11,21H,20H2,1-2H3,(H2,22,26). The van der Waals surface area contributed by atoms with Gasteiger partial charge in [-0.3, -0.25) is 15.1 Å². The number of carbonyl (C=O) groups is 1. The number of nitrogen functional groups attached to an aromatic ring is 1. The number of primary amides is 1. The molecule has 0 aliphatic heterocycles. The van der Waals surface area contributed by atoms with Crippen LogP contribution in [0.2, 0.25) is 0 Å². The fourth-order valence-electron chi connectivity index (χ4n) is 2.75. The Bertz CT molecular complexity index is 998. The van der Waals surface area contributed by atoms with Gasteiger partial charge >= 0.3 is 0 Å². The third-order valence-corrected chi connectivity index (χ3v) is 4.04. The van der Waals surface area contributed by atoms with Crippen LogP contribution in [-0.2, 0) is 0 Å². The highest BCUT2D eigenvalue weighted by atomic mass is 16.1. The van der Waals surface area contributed by atoms with E-state index in [9.17, 15) is 4.79 Å². The molecule has 0 radical (unpaired) electrons. The molecule has 0 bridgehead atoms. The van der Waals surface area contributed by atoms with Gasteiger partial charge in [0.05, 0.1) is 16.8 Å². The number of nitrogens with two attached hydrogens (primary N) is 2. The Labute approximate surface area is 151 Å². The van der Waals surface area contributed by atoms with E-state index in [0.717, 1.165) is 0 Å². The zero-order valence-corrected chi connectivity index (χ0v) is 14.6. The molecular formula is C19H20N6O. The normalized spacial score (nSPS) is 10.9. The molecule has 0 spiro atoms. The van der Waals surface area contributed by atoms with Crippen LogP contribution in [0, 0.1) is 11.3 Å². The van der Waals surface area contributed by atoms with Gasteiger partial charge in [0.15, 0.2) is 0 Å². The third-order valence-electron chi connectivity index (χ3n) is 4.04. The monoisotopic (exact) mass is 348 g/mol. The third kappa shape index (κ3) is 3.06. The fraction of sp³-hybridized carbons (Fsp3) is 0.158. The number of nitrogens with one attached hydrogen (secondary N) is 1. The molecule has 132 valence electrons. The Kier molecular flexibility index (Phi) is 4.53. The Balaban J connectivity index is 2.30. The van der Waals surface area contributed by atoms with Gasteiger partial charge in [0.2, 0.25) is 0 Å². The van der Waals surface area contributed by atoms with Crippen LogP contribution in [0.3, 0.4) is 0 Å². The van der Waals surface area contributed by atoms with E-state index < -0.39 is 5.91 Å². The second-order valence-electron chi connectivity index (χ2n) is 6.23. The lowest BCUT2D eigenvalue weighted by molar-refractivity contribution is 0.100. The van der Waals surface area contributed by atoms with Gasteiger partial charge < -0.3 is 11.5 Å². The zero-order valence-electron chi connectivity index (χ0n) is 14.6. The van der Waals surface area contributed by atoms with Crippen molar-refractivity contribution in [1.29, 1.82) is 5.41 Å². The van der Waals surface area contributed by atoms with Gasteiger partial charge in [-0.25, -0.2) is 9.97 Å². The summed E-state index contributed by atoms with van der Waals surface area (Å²) in [6.07, 6.45) is 1.37. The number of hydrogen-bond acceptors (Lipinski definition) is 5. The zero-order chi connectivity index (χ0) is 18.8. The molecule has 7 nitrogen and oxygen atoms in total. The summed E-state index contributed by atoms with van der Waals surface area (Å²) in [6.45, 7) is 3.86. The van der Waals surface area contributed by atoms with Crippen LogP contribution in [0.25, 0.3) is 10.9 Å². The van der Waals surface area contributed by atoms with Crippen molar-refractivity contribution < 1.29 is 4.79 Å². The van der Waals surface area contributed by atoms with E-state index in [1.807, 2.05) is 32.0 Å². The predicted octanol–water partition coefficient (Wildman–Crippen LogP) is 3.08. The molecule has 26 heavy (non-hydrogen) atoms. The fourth-order valence-corrected chi connectivity index (χ4v) is 2.75. The first-order valence-corrected chi connectivity index (χ1v) is 8.17. The summed E-state index contributed by atoms with van der Waals surface area (Å²) in [7, 11) is 0. The van der Waals surface area contributed by atoms with Gasteiger partial charge in [0, 0.05) is 17.0 Å². The van der Waals surface area contributed by atoms with Crippen molar-refractivity contribution >= 4 is 39.8 Å². The number of aromatic nitrogens is 2. The van der Waals surface area contributed by atoms with Gasteiger partial charge in [0.25, 0.3) is 5.91 Å². The molecule has 7 heteroatoms. The maximum atomic E-state index is 11.7. The molecule has 0 saturated carbocycles. The lowest BCUT2D eigenvalue weighted by Gasteiger charge is -2.27. The molecule has 0 fully saturated rings. The SMILES string of the molecule is CC(C)C(=N)N(c1cccc(N)c1)c1ncnc2c(C(N)=O)cccc12. The number of amides is 1. The number of hydrogen-bond donors (Lipinski definition) is 3. The van der Waals surface area contributed by atoms with Crippen molar-refractivity contribution in [2.45, 2.75) is 13.8 Å². The summed E-state index contributed by atoms with van der Waals surface area (Å²) < 4.78 is 0. The van der Waals surface area contributed by atoms with Crippen molar-refractivity contribution in [2.75, 3.05) is 10.6 Å². The van der Waals surface area contributed by atoms with Crippen molar-refractivity contribution in [3.63, 3.8) is 0 Å². The molecule has 0 atom stereocenters. The van der Waals surface area contributed by atoms with Gasteiger partial charge in [0.1, 0.15) is 18.0 Å². The highest BCUT2D eigenvalue weighted by Crippen LogP contribution is 2.32. The average Bonchev–Trinajstić information content (AvgIpc) is 2.61. The Hall–Kier alpha value is -3.48. The summed E-state index contributed by atoms with van der Waals surface area (Å²) >= 11 is 0. The van der Waals surface area contributed by atoms with E-state index in [-0.39, 0.29) is 5.92 Å². The van der Waals surface area contributed by atoms with Gasteiger partial charge in [-0.15, -0.1) is 0 Å². The van der Waals surface area contributed by atoms with Crippen LogP contribution in [0.4, 0.5) is 17.2 Å². The molecular weight excluding hydrogens is 328 g/mol. The number of carbonyl (C=O) groups excluding carboxylic acids is 1. The number of rotatable bonds is 4. The molecule has 0 aliphatic carbocycles. The van der Waals surface area contributed by atoms with E-state index in [0.29, 0.717) is 39.5 Å². The Morgan fingerprint density at radius 3 is 2.54 bits per heavy atom. The first-order valence-electron chi connectivity index (χ1n) is 8.17. The lowest BCUT2D eigenvalue weighted by Crippen LogP contribution is -2.30.